The fourth-order valence-corrected chi connectivity index (χ4v) is 4.64. The highest BCUT2D eigenvalue weighted by atomic mass is 16.5. The van der Waals surface area contributed by atoms with E-state index in [1.54, 1.807) is 6.20 Å². The van der Waals surface area contributed by atoms with Crippen LogP contribution in [0.1, 0.15) is 27.2 Å². The Morgan fingerprint density at radius 1 is 1.09 bits per heavy atom. The smallest absolute Gasteiger partial charge is 0.274 e. The number of aliphatic hydroxyl groups is 1. The van der Waals surface area contributed by atoms with E-state index in [1.807, 2.05) is 40.6 Å². The monoisotopic (exact) mass is 449 g/mol. The predicted octanol–water partition coefficient (Wildman–Crippen LogP) is 1.79. The molecule has 0 spiro atoms. The van der Waals surface area contributed by atoms with Gasteiger partial charge in [-0.05, 0) is 42.3 Å². The zero-order valence-electron chi connectivity index (χ0n) is 19.1. The van der Waals surface area contributed by atoms with E-state index in [-0.39, 0.29) is 12.5 Å². The van der Waals surface area contributed by atoms with Crippen LogP contribution in [0.2, 0.25) is 0 Å². The predicted molar refractivity (Wildman–Crippen MR) is 125 cm³/mol. The molecule has 4 heterocycles. The average molecular weight is 450 g/mol. The topological polar surface area (TPSA) is 73.6 Å². The summed E-state index contributed by atoms with van der Waals surface area (Å²) >= 11 is 0. The fraction of sp³-hybridized carbons (Fsp3) is 0.440. The summed E-state index contributed by atoms with van der Waals surface area (Å²) in [7, 11) is 0. The Morgan fingerprint density at radius 2 is 1.91 bits per heavy atom. The Balaban J connectivity index is 1.29. The number of nitrogens with zero attached hydrogens (tertiary/aromatic N) is 5. The number of aryl methyl sites for hydroxylation is 1. The molecule has 1 amide bonds. The molecule has 8 nitrogen and oxygen atoms in total. The van der Waals surface area contributed by atoms with Crippen molar-refractivity contribution in [1.82, 2.24) is 24.1 Å². The van der Waals surface area contributed by atoms with Crippen LogP contribution in [-0.4, -0.2) is 87.6 Å². The van der Waals surface area contributed by atoms with Crippen LogP contribution in [-0.2, 0) is 13.1 Å². The van der Waals surface area contributed by atoms with Crippen LogP contribution in [0.3, 0.4) is 0 Å². The van der Waals surface area contributed by atoms with Crippen molar-refractivity contribution in [1.29, 1.82) is 0 Å². The van der Waals surface area contributed by atoms with Gasteiger partial charge in [-0.3, -0.25) is 14.6 Å². The summed E-state index contributed by atoms with van der Waals surface area (Å²) in [6, 6.07) is 10.3. The van der Waals surface area contributed by atoms with Gasteiger partial charge in [0, 0.05) is 63.8 Å². The SMILES string of the molecule is Cc1ccn2cc(C(=O)N3CCOc4ccc(CN5CCN(CCO)CC5)cc4C3)nc2c1. The van der Waals surface area contributed by atoms with E-state index >= 15 is 0 Å². The van der Waals surface area contributed by atoms with Gasteiger partial charge in [0.25, 0.3) is 5.91 Å². The number of hydrogen-bond acceptors (Lipinski definition) is 6. The van der Waals surface area contributed by atoms with E-state index in [1.165, 1.54) is 5.56 Å². The number of imidazole rings is 1. The number of fused-ring (bicyclic) bond motifs is 2. The van der Waals surface area contributed by atoms with Gasteiger partial charge in [-0.25, -0.2) is 4.98 Å². The lowest BCUT2D eigenvalue weighted by molar-refractivity contribution is 0.0728. The van der Waals surface area contributed by atoms with Gasteiger partial charge in [0.2, 0.25) is 0 Å². The molecule has 33 heavy (non-hydrogen) atoms. The highest BCUT2D eigenvalue weighted by Gasteiger charge is 2.24. The van der Waals surface area contributed by atoms with E-state index in [0.717, 1.165) is 61.8 Å². The molecule has 5 rings (SSSR count). The number of carbonyl (C=O) groups excluding carboxylic acids is 1. The minimum absolute atomic E-state index is 0.0711. The van der Waals surface area contributed by atoms with Crippen LogP contribution in [0.15, 0.2) is 42.7 Å². The van der Waals surface area contributed by atoms with Crippen molar-refractivity contribution in [2.24, 2.45) is 0 Å². The number of pyridine rings is 1. The molecule has 0 radical (unpaired) electrons. The van der Waals surface area contributed by atoms with Crippen molar-refractivity contribution in [3.05, 3.63) is 65.1 Å². The molecule has 0 saturated carbocycles. The maximum absolute atomic E-state index is 13.3. The first-order chi connectivity index (χ1) is 16.1. The summed E-state index contributed by atoms with van der Waals surface area (Å²) in [4.78, 5) is 24.4. The maximum Gasteiger partial charge on any atom is 0.274 e. The van der Waals surface area contributed by atoms with E-state index in [0.29, 0.717) is 25.4 Å². The molecule has 2 aliphatic rings. The third kappa shape index (κ3) is 4.88. The lowest BCUT2D eigenvalue weighted by Crippen LogP contribution is -2.46. The number of piperazine rings is 1. The number of carbonyl (C=O) groups is 1. The third-order valence-electron chi connectivity index (χ3n) is 6.51. The first kappa shape index (κ1) is 21.9. The highest BCUT2D eigenvalue weighted by Crippen LogP contribution is 2.26. The van der Waals surface area contributed by atoms with Crippen molar-refractivity contribution < 1.29 is 14.6 Å². The molecule has 2 aliphatic heterocycles. The number of benzene rings is 1. The minimum atomic E-state index is -0.0711. The summed E-state index contributed by atoms with van der Waals surface area (Å²) in [5.41, 5.74) is 4.63. The molecule has 174 valence electrons. The van der Waals surface area contributed by atoms with Gasteiger partial charge in [0.15, 0.2) is 0 Å². The molecule has 1 fully saturated rings. The van der Waals surface area contributed by atoms with E-state index in [9.17, 15) is 4.79 Å². The van der Waals surface area contributed by atoms with E-state index in [2.05, 4.69) is 26.9 Å². The van der Waals surface area contributed by atoms with Gasteiger partial charge >= 0.3 is 0 Å². The summed E-state index contributed by atoms with van der Waals surface area (Å²) in [6.07, 6.45) is 3.74. The van der Waals surface area contributed by atoms with Crippen molar-refractivity contribution in [3.8, 4) is 5.75 Å². The lowest BCUT2D eigenvalue weighted by Gasteiger charge is -2.34. The molecule has 1 saturated heterocycles. The standard InChI is InChI=1S/C25H31N5O3/c1-19-4-5-29-18-22(26-24(29)14-19)25(32)30-11-13-33-23-3-2-20(15-21(23)17-30)16-28-8-6-27(7-9-28)10-12-31/h2-5,14-15,18,31H,6-13,16-17H2,1H3. The molecule has 2 aromatic heterocycles. The molecule has 1 N–H and O–H groups in total. The number of hydrogen-bond donors (Lipinski definition) is 1. The molecule has 8 heteroatoms. The Bertz CT molecular complexity index is 1140. The first-order valence-corrected chi connectivity index (χ1v) is 11.6. The zero-order valence-corrected chi connectivity index (χ0v) is 19.1. The summed E-state index contributed by atoms with van der Waals surface area (Å²) in [6.45, 7) is 9.32. The second kappa shape index (κ2) is 9.51. The Morgan fingerprint density at radius 3 is 2.73 bits per heavy atom. The normalized spacial score (nSPS) is 17.6. The summed E-state index contributed by atoms with van der Waals surface area (Å²) < 4.78 is 7.85. The Hall–Kier alpha value is -2.94. The van der Waals surface area contributed by atoms with Gasteiger partial charge in [-0.2, -0.15) is 0 Å². The Labute approximate surface area is 194 Å². The minimum Gasteiger partial charge on any atom is -0.491 e. The number of rotatable bonds is 5. The largest absolute Gasteiger partial charge is 0.491 e. The number of ether oxygens (including phenoxy) is 1. The second-order valence-corrected chi connectivity index (χ2v) is 8.95. The highest BCUT2D eigenvalue weighted by molar-refractivity contribution is 5.93. The summed E-state index contributed by atoms with van der Waals surface area (Å²) in [5, 5.41) is 9.14. The van der Waals surface area contributed by atoms with Crippen LogP contribution >= 0.6 is 0 Å². The van der Waals surface area contributed by atoms with Crippen molar-refractivity contribution in [2.75, 3.05) is 52.5 Å². The molecular formula is C25H31N5O3. The van der Waals surface area contributed by atoms with E-state index in [4.69, 9.17) is 9.84 Å². The van der Waals surface area contributed by atoms with Gasteiger partial charge in [0.1, 0.15) is 23.7 Å². The van der Waals surface area contributed by atoms with Gasteiger partial charge in [0.05, 0.1) is 13.2 Å². The quantitative estimate of drug-likeness (QED) is 0.640. The number of amides is 1. The molecule has 0 atom stereocenters. The average Bonchev–Trinajstić information content (AvgIpc) is 3.12. The van der Waals surface area contributed by atoms with Crippen molar-refractivity contribution in [3.63, 3.8) is 0 Å². The first-order valence-electron chi connectivity index (χ1n) is 11.6. The van der Waals surface area contributed by atoms with Crippen molar-refractivity contribution in [2.45, 2.75) is 20.0 Å². The van der Waals surface area contributed by atoms with Crippen molar-refractivity contribution >= 4 is 11.6 Å². The van der Waals surface area contributed by atoms with Crippen LogP contribution in [0.4, 0.5) is 0 Å². The molecular weight excluding hydrogens is 418 g/mol. The number of aliphatic hydroxyl groups excluding tert-OH is 1. The number of β-amino-alcohol motifs (C(OH)–C–C–N with tert-alkyl or cyclic N) is 1. The fourth-order valence-electron chi connectivity index (χ4n) is 4.64. The second-order valence-electron chi connectivity index (χ2n) is 8.95. The lowest BCUT2D eigenvalue weighted by atomic mass is 10.1. The zero-order chi connectivity index (χ0) is 22.8. The molecule has 0 aliphatic carbocycles. The molecule has 3 aromatic rings. The third-order valence-corrected chi connectivity index (χ3v) is 6.51. The van der Waals surface area contributed by atoms with Gasteiger partial charge < -0.3 is 19.1 Å². The van der Waals surface area contributed by atoms with E-state index < -0.39 is 0 Å². The van der Waals surface area contributed by atoms with Crippen LogP contribution in [0.5, 0.6) is 5.75 Å². The van der Waals surface area contributed by atoms with Crippen LogP contribution in [0.25, 0.3) is 5.65 Å². The molecule has 1 aromatic carbocycles. The molecule has 0 bridgehead atoms. The number of aromatic nitrogens is 2. The Kier molecular flexibility index (Phi) is 6.30. The van der Waals surface area contributed by atoms with Crippen LogP contribution < -0.4 is 4.74 Å². The molecule has 0 unspecified atom stereocenters. The van der Waals surface area contributed by atoms with Crippen LogP contribution in [0, 0.1) is 6.92 Å². The maximum atomic E-state index is 13.3. The van der Waals surface area contributed by atoms with Gasteiger partial charge in [-0.1, -0.05) is 6.07 Å². The van der Waals surface area contributed by atoms with Gasteiger partial charge in [-0.15, -0.1) is 0 Å². The summed E-state index contributed by atoms with van der Waals surface area (Å²) in [5.74, 6) is 0.783.